The largest absolute Gasteiger partial charge is 0.477 e. The van der Waals surface area contributed by atoms with Gasteiger partial charge in [-0.1, -0.05) is 11.6 Å². The number of fused-ring (bicyclic) bond motifs is 1. The summed E-state index contributed by atoms with van der Waals surface area (Å²) < 4.78 is 4.78. The summed E-state index contributed by atoms with van der Waals surface area (Å²) in [5.74, 6) is -2.17. The molecule has 2 heterocycles. The number of β-lactam (4-membered cyclic amide) rings is 1. The number of thioether (sulfide) groups is 1. The molecule has 2 aliphatic heterocycles. The monoisotopic (exact) mass is 342 g/mol. The molecule has 0 radical (unpaired) electrons. The zero-order valence-corrected chi connectivity index (χ0v) is 12.7. The molecule has 0 aromatic rings. The van der Waals surface area contributed by atoms with E-state index in [-0.39, 0.29) is 30.5 Å². The Morgan fingerprint density at radius 3 is 2.75 bits per heavy atom. The molecule has 1 amide bonds. The van der Waals surface area contributed by atoms with Crippen LogP contribution in [0.1, 0.15) is 6.92 Å². The van der Waals surface area contributed by atoms with Gasteiger partial charge in [0.25, 0.3) is 5.91 Å². The van der Waals surface area contributed by atoms with Gasteiger partial charge < -0.3 is 15.6 Å². The summed E-state index contributed by atoms with van der Waals surface area (Å²) in [5.41, 5.74) is 5.76. The van der Waals surface area contributed by atoms with Crippen molar-refractivity contribution in [3.63, 3.8) is 0 Å². The molecule has 0 unspecified atom stereocenters. The van der Waals surface area contributed by atoms with E-state index in [1.54, 1.807) is 0 Å². The Bertz CT molecular complexity index is 508. The van der Waals surface area contributed by atoms with Crippen LogP contribution in [0.2, 0.25) is 0 Å². The SMILES string of the molecule is CC(=O)OCC1=C(C(=O)O)N2C(=O)[C@@](N)(Cl)[C@H]2SC1.Cl. The molecule has 1 fully saturated rings. The minimum atomic E-state index is -1.57. The molecule has 20 heavy (non-hydrogen) atoms. The highest BCUT2D eigenvalue weighted by molar-refractivity contribution is 8.00. The Morgan fingerprint density at radius 2 is 2.25 bits per heavy atom. The maximum Gasteiger partial charge on any atom is 0.352 e. The number of rotatable bonds is 3. The van der Waals surface area contributed by atoms with Crippen LogP contribution in [0.25, 0.3) is 0 Å². The third-order valence-corrected chi connectivity index (χ3v) is 4.70. The number of carbonyl (C=O) groups excluding carboxylic acids is 2. The fraction of sp³-hybridized carbons (Fsp3) is 0.500. The van der Waals surface area contributed by atoms with Gasteiger partial charge in [0, 0.05) is 18.2 Å². The highest BCUT2D eigenvalue weighted by atomic mass is 35.5. The fourth-order valence-corrected chi connectivity index (χ4v) is 3.55. The number of hydrogen-bond acceptors (Lipinski definition) is 6. The number of carboxylic acids is 1. The number of nitrogens with zero attached hydrogens (tertiary/aromatic N) is 1. The van der Waals surface area contributed by atoms with Crippen LogP contribution >= 0.6 is 35.8 Å². The maximum absolute atomic E-state index is 11.8. The Balaban J connectivity index is 0.00000200. The summed E-state index contributed by atoms with van der Waals surface area (Å²) >= 11 is 7.08. The van der Waals surface area contributed by atoms with E-state index in [1.807, 2.05) is 0 Å². The van der Waals surface area contributed by atoms with E-state index in [0.29, 0.717) is 5.57 Å². The Morgan fingerprint density at radius 1 is 1.65 bits per heavy atom. The lowest BCUT2D eigenvalue weighted by Crippen LogP contribution is -2.75. The first kappa shape index (κ1) is 17.1. The van der Waals surface area contributed by atoms with Gasteiger partial charge in [0.2, 0.25) is 5.00 Å². The van der Waals surface area contributed by atoms with E-state index >= 15 is 0 Å². The molecule has 112 valence electrons. The Labute approximate surface area is 129 Å². The average Bonchev–Trinajstić information content (AvgIpc) is 2.34. The standard InChI is InChI=1S/C10H11ClN2O5S.ClH/c1-4(14)18-2-5-3-19-9-10(11,12)8(17)13(9)6(5)7(15)16;/h9H,2-3,12H2,1H3,(H,15,16);1H/t9-,10+;/m1./s1. The van der Waals surface area contributed by atoms with Crippen molar-refractivity contribution in [1.82, 2.24) is 4.90 Å². The van der Waals surface area contributed by atoms with Gasteiger partial charge in [-0.2, -0.15) is 0 Å². The number of alkyl halides is 1. The van der Waals surface area contributed by atoms with Crippen molar-refractivity contribution in [3.8, 4) is 0 Å². The fourth-order valence-electron chi connectivity index (χ4n) is 1.90. The second-order valence-electron chi connectivity index (χ2n) is 4.14. The van der Waals surface area contributed by atoms with Crippen molar-refractivity contribution >= 4 is 53.6 Å². The number of ether oxygens (including phenoxy) is 1. The van der Waals surface area contributed by atoms with Gasteiger partial charge >= 0.3 is 11.9 Å². The number of carboxylic acid groups (broad SMARTS) is 1. The van der Waals surface area contributed by atoms with Gasteiger partial charge in [-0.15, -0.1) is 24.2 Å². The molecule has 10 heteroatoms. The number of halogens is 2. The average molecular weight is 343 g/mol. The Kier molecular flexibility index (Phi) is 4.96. The first-order valence-corrected chi connectivity index (χ1v) is 6.71. The van der Waals surface area contributed by atoms with Crippen LogP contribution < -0.4 is 5.73 Å². The quantitative estimate of drug-likeness (QED) is 0.324. The Hall–Kier alpha value is -0.960. The van der Waals surface area contributed by atoms with Crippen molar-refractivity contribution in [2.45, 2.75) is 17.3 Å². The molecule has 0 spiro atoms. The second kappa shape index (κ2) is 5.80. The van der Waals surface area contributed by atoms with E-state index in [9.17, 15) is 19.5 Å². The number of carbonyl (C=O) groups is 3. The molecular formula is C10H12Cl2N2O5S. The lowest BCUT2D eigenvalue weighted by molar-refractivity contribution is -0.150. The summed E-state index contributed by atoms with van der Waals surface area (Å²) in [7, 11) is 0. The predicted molar refractivity (Wildman–Crippen MR) is 74.4 cm³/mol. The zero-order valence-electron chi connectivity index (χ0n) is 10.3. The van der Waals surface area contributed by atoms with Crippen molar-refractivity contribution in [2.24, 2.45) is 5.73 Å². The second-order valence-corrected chi connectivity index (χ2v) is 5.84. The van der Waals surface area contributed by atoms with Crippen molar-refractivity contribution < 1.29 is 24.2 Å². The van der Waals surface area contributed by atoms with Crippen molar-refractivity contribution in [2.75, 3.05) is 12.4 Å². The lowest BCUT2D eigenvalue weighted by Gasteiger charge is -2.52. The molecule has 1 saturated heterocycles. The van der Waals surface area contributed by atoms with Gasteiger partial charge in [-0.25, -0.2) is 4.79 Å². The van der Waals surface area contributed by atoms with Crippen molar-refractivity contribution in [3.05, 3.63) is 11.3 Å². The van der Waals surface area contributed by atoms with Gasteiger partial charge in [0.1, 0.15) is 17.7 Å². The number of aliphatic carboxylic acids is 1. The highest BCUT2D eigenvalue weighted by Gasteiger charge is 2.62. The van der Waals surface area contributed by atoms with Crippen LogP contribution in [0.15, 0.2) is 11.3 Å². The van der Waals surface area contributed by atoms with E-state index < -0.39 is 28.2 Å². The third-order valence-electron chi connectivity index (χ3n) is 2.78. The molecule has 0 saturated carbocycles. The molecule has 0 aromatic carbocycles. The minimum absolute atomic E-state index is 0. The number of esters is 1. The third kappa shape index (κ3) is 2.60. The lowest BCUT2D eigenvalue weighted by atomic mass is 10.0. The van der Waals surface area contributed by atoms with Crippen LogP contribution in [-0.4, -0.2) is 50.6 Å². The maximum atomic E-state index is 11.8. The van der Waals surface area contributed by atoms with Gasteiger partial charge in [-0.3, -0.25) is 14.5 Å². The minimum Gasteiger partial charge on any atom is -0.477 e. The van der Waals surface area contributed by atoms with E-state index in [4.69, 9.17) is 22.1 Å². The highest BCUT2D eigenvalue weighted by Crippen LogP contribution is 2.46. The van der Waals surface area contributed by atoms with Crippen LogP contribution in [0.5, 0.6) is 0 Å². The summed E-state index contributed by atoms with van der Waals surface area (Å²) in [6, 6.07) is 0. The van der Waals surface area contributed by atoms with Crippen molar-refractivity contribution in [1.29, 1.82) is 0 Å². The molecular weight excluding hydrogens is 331 g/mol. The van der Waals surface area contributed by atoms with Gasteiger partial charge in [0.05, 0.1) is 0 Å². The van der Waals surface area contributed by atoms with Crippen LogP contribution in [-0.2, 0) is 19.1 Å². The number of hydrogen-bond donors (Lipinski definition) is 2. The van der Waals surface area contributed by atoms with E-state index in [2.05, 4.69) is 0 Å². The molecule has 2 atom stereocenters. The number of amides is 1. The summed E-state index contributed by atoms with van der Waals surface area (Å²) in [4.78, 5) is 33.3. The molecule has 0 aromatic heterocycles. The molecule has 2 rings (SSSR count). The summed E-state index contributed by atoms with van der Waals surface area (Å²) in [6.45, 7) is 1.05. The first-order valence-electron chi connectivity index (χ1n) is 5.28. The predicted octanol–water partition coefficient (Wildman–Crippen LogP) is 0.119. The normalized spacial score (nSPS) is 28.2. The summed E-state index contributed by atoms with van der Waals surface area (Å²) in [5, 5.41) is 8.58. The van der Waals surface area contributed by atoms with E-state index in [1.165, 1.54) is 18.7 Å². The molecule has 3 N–H and O–H groups in total. The van der Waals surface area contributed by atoms with Gasteiger partial charge in [0.15, 0.2) is 0 Å². The molecule has 0 bridgehead atoms. The van der Waals surface area contributed by atoms with Crippen LogP contribution in [0.3, 0.4) is 0 Å². The smallest absolute Gasteiger partial charge is 0.352 e. The first-order chi connectivity index (χ1) is 8.76. The van der Waals surface area contributed by atoms with Crippen LogP contribution in [0.4, 0.5) is 0 Å². The molecule has 2 aliphatic rings. The number of nitrogens with two attached hydrogens (primary N) is 1. The van der Waals surface area contributed by atoms with Gasteiger partial charge in [-0.05, 0) is 0 Å². The molecule has 0 aliphatic carbocycles. The van der Waals surface area contributed by atoms with Crippen LogP contribution in [0, 0.1) is 0 Å². The summed E-state index contributed by atoms with van der Waals surface area (Å²) in [6.07, 6.45) is 0. The zero-order chi connectivity index (χ0) is 14.4. The molecule has 7 nitrogen and oxygen atoms in total. The topological polar surface area (TPSA) is 110 Å². The van der Waals surface area contributed by atoms with E-state index in [0.717, 1.165) is 4.90 Å².